The van der Waals surface area contributed by atoms with E-state index in [2.05, 4.69) is 10.6 Å². The van der Waals surface area contributed by atoms with Crippen molar-refractivity contribution in [3.8, 4) is 0 Å². The lowest BCUT2D eigenvalue weighted by Crippen LogP contribution is -2.40. The van der Waals surface area contributed by atoms with Gasteiger partial charge in [-0.15, -0.1) is 0 Å². The number of amides is 2. The second kappa shape index (κ2) is 8.53. The molecule has 7 heteroatoms. The Balaban J connectivity index is 2.58. The van der Waals surface area contributed by atoms with Gasteiger partial charge in [0.05, 0.1) is 10.7 Å². The van der Waals surface area contributed by atoms with Crippen molar-refractivity contribution in [1.29, 1.82) is 0 Å². The molecule has 0 bridgehead atoms. The molecule has 1 unspecified atom stereocenters. The van der Waals surface area contributed by atoms with Crippen LogP contribution in [-0.2, 0) is 0 Å². The van der Waals surface area contributed by atoms with Crippen LogP contribution in [0.2, 0.25) is 10.0 Å². The molecule has 0 saturated heterocycles. The molecule has 0 heterocycles. The molecular weight excluding hydrogens is 307 g/mol. The Morgan fingerprint density at radius 1 is 1.47 bits per heavy atom. The van der Waals surface area contributed by atoms with Gasteiger partial charge in [0.2, 0.25) is 0 Å². The number of nitrogens with one attached hydrogen (secondary N) is 2. The normalized spacial score (nSPS) is 12.0. The number of aliphatic hydroxyl groups excluding tert-OH is 1. The van der Waals surface area contributed by atoms with E-state index in [4.69, 9.17) is 28.3 Å². The Morgan fingerprint density at radius 3 is 2.79 bits per heavy atom. The lowest BCUT2D eigenvalue weighted by molar-refractivity contribution is 0.241. The summed E-state index contributed by atoms with van der Waals surface area (Å²) >= 11 is 13.3. The fraction of sp³-hybridized carbons (Fsp3) is 0.417. The zero-order chi connectivity index (χ0) is 14.3. The minimum Gasteiger partial charge on any atom is -0.396 e. The summed E-state index contributed by atoms with van der Waals surface area (Å²) in [6.45, 7) is 0.0349. The molecule has 1 rings (SSSR count). The first kappa shape index (κ1) is 16.4. The third kappa shape index (κ3) is 5.91. The lowest BCUT2D eigenvalue weighted by Gasteiger charge is -2.17. The fourth-order valence-corrected chi connectivity index (χ4v) is 2.60. The van der Waals surface area contributed by atoms with E-state index in [-0.39, 0.29) is 18.7 Å². The Labute approximate surface area is 126 Å². The van der Waals surface area contributed by atoms with Crippen LogP contribution in [0.5, 0.6) is 0 Å². The quantitative estimate of drug-likeness (QED) is 0.753. The maximum Gasteiger partial charge on any atom is 0.319 e. The highest BCUT2D eigenvalue weighted by Crippen LogP contribution is 2.25. The van der Waals surface area contributed by atoms with E-state index < -0.39 is 0 Å². The Hall–Kier alpha value is -0.620. The summed E-state index contributed by atoms with van der Waals surface area (Å²) in [4.78, 5) is 11.8. The monoisotopic (exact) mass is 322 g/mol. The molecule has 0 spiro atoms. The molecule has 0 radical (unpaired) electrons. The van der Waals surface area contributed by atoms with Gasteiger partial charge >= 0.3 is 6.03 Å². The number of hydrogen-bond acceptors (Lipinski definition) is 3. The predicted molar refractivity (Wildman–Crippen MR) is 82.5 cm³/mol. The fourth-order valence-electron chi connectivity index (χ4n) is 1.49. The maximum absolute atomic E-state index is 11.8. The summed E-state index contributed by atoms with van der Waals surface area (Å²) in [7, 11) is 0. The number of rotatable bonds is 6. The van der Waals surface area contributed by atoms with E-state index in [1.807, 2.05) is 6.26 Å². The van der Waals surface area contributed by atoms with Gasteiger partial charge in [-0.05, 0) is 30.9 Å². The van der Waals surface area contributed by atoms with Gasteiger partial charge in [-0.3, -0.25) is 0 Å². The zero-order valence-electron chi connectivity index (χ0n) is 10.5. The Kier molecular flexibility index (Phi) is 7.38. The van der Waals surface area contributed by atoms with Crippen molar-refractivity contribution in [2.45, 2.75) is 12.5 Å². The number of benzene rings is 1. The van der Waals surface area contributed by atoms with Crippen LogP contribution in [0.25, 0.3) is 0 Å². The van der Waals surface area contributed by atoms with Crippen LogP contribution in [-0.4, -0.2) is 35.8 Å². The van der Waals surface area contributed by atoms with Crippen LogP contribution in [0.15, 0.2) is 18.2 Å². The van der Waals surface area contributed by atoms with E-state index in [1.54, 1.807) is 30.0 Å². The van der Waals surface area contributed by atoms with Crippen molar-refractivity contribution < 1.29 is 9.90 Å². The number of halogens is 2. The average Bonchev–Trinajstić information content (AvgIpc) is 2.33. The molecule has 2 amide bonds. The van der Waals surface area contributed by atoms with E-state index >= 15 is 0 Å². The smallest absolute Gasteiger partial charge is 0.319 e. The molecule has 0 aliphatic carbocycles. The number of aliphatic hydroxyl groups is 1. The summed E-state index contributed by atoms with van der Waals surface area (Å²) in [6.07, 6.45) is 2.46. The first-order valence-electron chi connectivity index (χ1n) is 5.69. The SMILES string of the molecule is CSCC(CCO)NC(=O)Nc1ccc(Cl)cc1Cl. The van der Waals surface area contributed by atoms with Crippen LogP contribution in [0.1, 0.15) is 6.42 Å². The third-order valence-corrected chi connectivity index (χ3v) is 3.64. The first-order valence-corrected chi connectivity index (χ1v) is 7.84. The number of thioether (sulfide) groups is 1. The largest absolute Gasteiger partial charge is 0.396 e. The molecule has 106 valence electrons. The van der Waals surface area contributed by atoms with Crippen LogP contribution >= 0.6 is 35.0 Å². The van der Waals surface area contributed by atoms with E-state index in [0.29, 0.717) is 22.2 Å². The van der Waals surface area contributed by atoms with Gasteiger partial charge in [-0.2, -0.15) is 11.8 Å². The maximum atomic E-state index is 11.8. The third-order valence-electron chi connectivity index (χ3n) is 2.36. The molecule has 3 N–H and O–H groups in total. The number of carbonyl (C=O) groups is 1. The van der Waals surface area contributed by atoms with Gasteiger partial charge in [0.15, 0.2) is 0 Å². The topological polar surface area (TPSA) is 61.4 Å². The van der Waals surface area contributed by atoms with Crippen LogP contribution in [0.4, 0.5) is 10.5 Å². The number of anilines is 1. The Morgan fingerprint density at radius 2 is 2.21 bits per heavy atom. The molecular formula is C12H16Cl2N2O2S. The molecule has 19 heavy (non-hydrogen) atoms. The first-order chi connectivity index (χ1) is 9.06. The van der Waals surface area contributed by atoms with Gasteiger partial charge in [0.25, 0.3) is 0 Å². The zero-order valence-corrected chi connectivity index (χ0v) is 12.8. The molecule has 0 aliphatic heterocycles. The van der Waals surface area contributed by atoms with Crippen molar-refractivity contribution in [3.05, 3.63) is 28.2 Å². The van der Waals surface area contributed by atoms with Gasteiger partial charge in [-0.25, -0.2) is 4.79 Å². The number of urea groups is 1. The highest BCUT2D eigenvalue weighted by atomic mass is 35.5. The summed E-state index contributed by atoms with van der Waals surface area (Å²) in [5.74, 6) is 0.738. The van der Waals surface area contributed by atoms with Crippen molar-refractivity contribution in [1.82, 2.24) is 5.32 Å². The van der Waals surface area contributed by atoms with Crippen LogP contribution < -0.4 is 10.6 Å². The molecule has 0 aliphatic rings. The van der Waals surface area contributed by atoms with E-state index in [1.165, 1.54) is 0 Å². The molecule has 0 aromatic heterocycles. The number of hydrogen-bond donors (Lipinski definition) is 3. The van der Waals surface area contributed by atoms with E-state index in [0.717, 1.165) is 5.75 Å². The van der Waals surface area contributed by atoms with Gasteiger partial charge in [0.1, 0.15) is 0 Å². The average molecular weight is 323 g/mol. The minimum atomic E-state index is -0.350. The predicted octanol–water partition coefficient (Wildman–Crippen LogP) is 3.23. The van der Waals surface area contributed by atoms with Crippen LogP contribution in [0, 0.1) is 0 Å². The summed E-state index contributed by atoms with van der Waals surface area (Å²) in [5, 5.41) is 15.3. The van der Waals surface area contributed by atoms with Crippen LogP contribution in [0.3, 0.4) is 0 Å². The second-order valence-electron chi connectivity index (χ2n) is 3.89. The Bertz CT molecular complexity index is 426. The minimum absolute atomic E-state index is 0.0349. The molecule has 0 saturated carbocycles. The summed E-state index contributed by atoms with van der Waals surface area (Å²) < 4.78 is 0. The molecule has 0 fully saturated rings. The molecule has 4 nitrogen and oxygen atoms in total. The van der Waals surface area contributed by atoms with Crippen molar-refractivity contribution >= 4 is 46.7 Å². The van der Waals surface area contributed by atoms with Crippen molar-refractivity contribution in [3.63, 3.8) is 0 Å². The summed E-state index contributed by atoms with van der Waals surface area (Å²) in [6, 6.07) is 4.42. The van der Waals surface area contributed by atoms with Gasteiger partial charge < -0.3 is 15.7 Å². The van der Waals surface area contributed by atoms with Crippen molar-refractivity contribution in [2.75, 3.05) is 23.9 Å². The lowest BCUT2D eigenvalue weighted by atomic mass is 10.2. The van der Waals surface area contributed by atoms with E-state index in [9.17, 15) is 4.79 Å². The molecule has 1 aromatic rings. The molecule has 1 aromatic carbocycles. The summed E-state index contributed by atoms with van der Waals surface area (Å²) in [5.41, 5.74) is 0.496. The highest BCUT2D eigenvalue weighted by molar-refractivity contribution is 7.98. The highest BCUT2D eigenvalue weighted by Gasteiger charge is 2.12. The second-order valence-corrected chi connectivity index (χ2v) is 5.64. The van der Waals surface area contributed by atoms with Gasteiger partial charge in [0, 0.05) is 23.4 Å². The number of carbonyl (C=O) groups excluding carboxylic acids is 1. The molecule has 1 atom stereocenters. The standard InChI is InChI=1S/C12H16Cl2N2O2S/c1-19-7-9(4-5-17)15-12(18)16-11-3-2-8(13)6-10(11)14/h2-3,6,9,17H,4-5,7H2,1H3,(H2,15,16,18). The van der Waals surface area contributed by atoms with Gasteiger partial charge in [-0.1, -0.05) is 23.2 Å². The van der Waals surface area contributed by atoms with Crippen molar-refractivity contribution in [2.24, 2.45) is 0 Å².